The van der Waals surface area contributed by atoms with Gasteiger partial charge in [0.25, 0.3) is 0 Å². The molecule has 0 bridgehead atoms. The predicted octanol–water partition coefficient (Wildman–Crippen LogP) is 3.78. The molecular weight excluding hydrogens is 240 g/mol. The molecule has 0 aromatic rings. The molecule has 3 atom stereocenters. The maximum absolute atomic E-state index is 5.92. The van der Waals surface area contributed by atoms with Crippen molar-refractivity contribution in [2.45, 2.75) is 59.4 Å². The van der Waals surface area contributed by atoms with E-state index in [1.807, 2.05) is 13.8 Å². The molecule has 0 saturated heterocycles. The second kappa shape index (κ2) is 9.51. The Morgan fingerprint density at radius 2 is 1.68 bits per heavy atom. The summed E-state index contributed by atoms with van der Waals surface area (Å²) in [5, 5.41) is 0. The van der Waals surface area contributed by atoms with Crippen LogP contribution in [-0.4, -0.2) is 32.2 Å². The van der Waals surface area contributed by atoms with Crippen LogP contribution in [0, 0.1) is 11.8 Å². The molecule has 3 unspecified atom stereocenters. The molecule has 0 N–H and O–H groups in total. The maximum atomic E-state index is 5.92. The molecule has 3 heteroatoms. The van der Waals surface area contributed by atoms with Crippen LogP contribution >= 0.6 is 0 Å². The van der Waals surface area contributed by atoms with E-state index >= 15 is 0 Å². The summed E-state index contributed by atoms with van der Waals surface area (Å²) in [6.45, 7) is 10.3. The van der Waals surface area contributed by atoms with E-state index in [1.165, 1.54) is 12.8 Å². The van der Waals surface area contributed by atoms with Crippen molar-refractivity contribution in [3.63, 3.8) is 0 Å². The third-order valence-electron chi connectivity index (χ3n) is 3.64. The maximum Gasteiger partial charge on any atom is 0.160 e. The lowest BCUT2D eigenvalue weighted by molar-refractivity contribution is -0.159. The van der Waals surface area contributed by atoms with E-state index in [2.05, 4.69) is 26.0 Å². The van der Waals surface area contributed by atoms with Crippen LogP contribution in [0.2, 0.25) is 0 Å². The van der Waals surface area contributed by atoms with Crippen LogP contribution in [0.25, 0.3) is 0 Å². The van der Waals surface area contributed by atoms with Crippen LogP contribution in [0.4, 0.5) is 0 Å². The molecular formula is C16H30O3. The Kier molecular flexibility index (Phi) is 8.35. The molecule has 19 heavy (non-hydrogen) atoms. The molecule has 0 heterocycles. The summed E-state index contributed by atoms with van der Waals surface area (Å²) < 4.78 is 17.2. The first-order valence-electron chi connectivity index (χ1n) is 7.72. The zero-order chi connectivity index (χ0) is 14.1. The van der Waals surface area contributed by atoms with Crippen LogP contribution in [0.3, 0.4) is 0 Å². The lowest BCUT2D eigenvalue weighted by Gasteiger charge is -2.23. The molecule has 1 aliphatic carbocycles. The molecule has 1 fully saturated rings. The van der Waals surface area contributed by atoms with Gasteiger partial charge in [0, 0.05) is 26.2 Å². The first kappa shape index (κ1) is 16.7. The van der Waals surface area contributed by atoms with Crippen molar-refractivity contribution >= 4 is 0 Å². The van der Waals surface area contributed by atoms with Crippen LogP contribution in [-0.2, 0) is 14.2 Å². The van der Waals surface area contributed by atoms with Gasteiger partial charge < -0.3 is 14.2 Å². The summed E-state index contributed by atoms with van der Waals surface area (Å²) in [6, 6.07) is 0. The lowest BCUT2D eigenvalue weighted by atomic mass is 10.1. The van der Waals surface area contributed by atoms with Crippen molar-refractivity contribution in [2.24, 2.45) is 11.8 Å². The van der Waals surface area contributed by atoms with E-state index < -0.39 is 0 Å². The largest absolute Gasteiger partial charge is 0.378 e. The summed E-state index contributed by atoms with van der Waals surface area (Å²) in [6.07, 6.45) is 7.87. The first-order valence-corrected chi connectivity index (χ1v) is 7.72. The average Bonchev–Trinajstić information content (AvgIpc) is 3.16. The molecule has 1 saturated carbocycles. The second-order valence-electron chi connectivity index (χ2n) is 5.03. The van der Waals surface area contributed by atoms with Gasteiger partial charge in [-0.2, -0.15) is 0 Å². The SMILES string of the molecule is C/C=C/CC1CC1C(CC(OCC)OCC)OCC. The van der Waals surface area contributed by atoms with Crippen LogP contribution in [0.15, 0.2) is 12.2 Å². The highest BCUT2D eigenvalue weighted by atomic mass is 16.7. The van der Waals surface area contributed by atoms with Crippen molar-refractivity contribution in [3.8, 4) is 0 Å². The molecule has 0 aromatic carbocycles. The minimum absolute atomic E-state index is 0.116. The van der Waals surface area contributed by atoms with Gasteiger partial charge >= 0.3 is 0 Å². The fraction of sp³-hybridized carbons (Fsp3) is 0.875. The van der Waals surface area contributed by atoms with Crippen LogP contribution in [0.5, 0.6) is 0 Å². The minimum Gasteiger partial charge on any atom is -0.378 e. The molecule has 1 aliphatic rings. The molecule has 0 spiro atoms. The number of hydrogen-bond acceptors (Lipinski definition) is 3. The van der Waals surface area contributed by atoms with Crippen molar-refractivity contribution in [2.75, 3.05) is 19.8 Å². The van der Waals surface area contributed by atoms with Gasteiger partial charge in [-0.05, 0) is 52.4 Å². The Balaban J connectivity index is 2.43. The van der Waals surface area contributed by atoms with E-state index in [1.54, 1.807) is 0 Å². The Bertz CT molecular complexity index is 246. The van der Waals surface area contributed by atoms with E-state index in [0.717, 1.165) is 18.9 Å². The fourth-order valence-corrected chi connectivity index (χ4v) is 2.63. The highest BCUT2D eigenvalue weighted by molar-refractivity contribution is 4.97. The van der Waals surface area contributed by atoms with Gasteiger partial charge in [-0.3, -0.25) is 0 Å². The first-order chi connectivity index (χ1) is 9.26. The molecule has 0 amide bonds. The Morgan fingerprint density at radius 1 is 1.05 bits per heavy atom. The fourth-order valence-electron chi connectivity index (χ4n) is 2.63. The molecule has 3 nitrogen and oxygen atoms in total. The molecule has 0 radical (unpaired) electrons. The molecule has 1 rings (SSSR count). The zero-order valence-electron chi connectivity index (χ0n) is 12.9. The van der Waals surface area contributed by atoms with Gasteiger partial charge in [-0.1, -0.05) is 12.2 Å². The van der Waals surface area contributed by atoms with Crippen LogP contribution < -0.4 is 0 Å². The third kappa shape index (κ3) is 6.07. The van der Waals surface area contributed by atoms with Gasteiger partial charge in [-0.25, -0.2) is 0 Å². The molecule has 112 valence electrons. The lowest BCUT2D eigenvalue weighted by Crippen LogP contribution is -2.28. The smallest absolute Gasteiger partial charge is 0.160 e. The average molecular weight is 270 g/mol. The molecule has 0 aliphatic heterocycles. The quantitative estimate of drug-likeness (QED) is 0.422. The number of rotatable bonds is 11. The Hall–Kier alpha value is -0.380. The topological polar surface area (TPSA) is 27.7 Å². The third-order valence-corrected chi connectivity index (χ3v) is 3.64. The van der Waals surface area contributed by atoms with Crippen LogP contribution in [0.1, 0.15) is 47.0 Å². The summed E-state index contributed by atoms with van der Waals surface area (Å²) in [5.41, 5.74) is 0. The number of ether oxygens (including phenoxy) is 3. The van der Waals surface area contributed by atoms with E-state index in [0.29, 0.717) is 19.1 Å². The number of hydrogen-bond donors (Lipinski definition) is 0. The highest BCUT2D eigenvalue weighted by Gasteiger charge is 2.43. The van der Waals surface area contributed by atoms with Crippen molar-refractivity contribution in [3.05, 3.63) is 12.2 Å². The van der Waals surface area contributed by atoms with Gasteiger partial charge in [0.1, 0.15) is 0 Å². The van der Waals surface area contributed by atoms with Gasteiger partial charge in [0.15, 0.2) is 6.29 Å². The summed E-state index contributed by atoms with van der Waals surface area (Å²) >= 11 is 0. The van der Waals surface area contributed by atoms with E-state index in [-0.39, 0.29) is 12.4 Å². The summed E-state index contributed by atoms with van der Waals surface area (Å²) in [7, 11) is 0. The molecule has 0 aromatic heterocycles. The zero-order valence-corrected chi connectivity index (χ0v) is 12.9. The normalized spacial score (nSPS) is 24.3. The Morgan fingerprint density at radius 3 is 2.21 bits per heavy atom. The van der Waals surface area contributed by atoms with E-state index in [4.69, 9.17) is 14.2 Å². The monoisotopic (exact) mass is 270 g/mol. The van der Waals surface area contributed by atoms with E-state index in [9.17, 15) is 0 Å². The Labute approximate surface area is 118 Å². The summed E-state index contributed by atoms with van der Waals surface area (Å²) in [4.78, 5) is 0. The summed E-state index contributed by atoms with van der Waals surface area (Å²) in [5.74, 6) is 1.47. The van der Waals surface area contributed by atoms with Gasteiger partial charge in [-0.15, -0.1) is 0 Å². The predicted molar refractivity (Wildman–Crippen MR) is 78.1 cm³/mol. The van der Waals surface area contributed by atoms with Crippen molar-refractivity contribution in [1.29, 1.82) is 0 Å². The second-order valence-corrected chi connectivity index (χ2v) is 5.03. The van der Waals surface area contributed by atoms with Gasteiger partial charge in [0.05, 0.1) is 6.10 Å². The standard InChI is InChI=1S/C16H30O3/c1-5-9-10-13-11-14(13)15(17-6-2)12-16(18-7-3)19-8-4/h5,9,13-16H,6-8,10-12H2,1-4H3/b9-5+. The highest BCUT2D eigenvalue weighted by Crippen LogP contribution is 2.46. The minimum atomic E-state index is -0.116. The van der Waals surface area contributed by atoms with Crippen molar-refractivity contribution < 1.29 is 14.2 Å². The van der Waals surface area contributed by atoms with Gasteiger partial charge in [0.2, 0.25) is 0 Å². The number of allylic oxidation sites excluding steroid dienone is 2. The van der Waals surface area contributed by atoms with Crippen molar-refractivity contribution in [1.82, 2.24) is 0 Å².